The van der Waals surface area contributed by atoms with E-state index in [0.717, 1.165) is 0 Å². The van der Waals surface area contributed by atoms with Gasteiger partial charge in [-0.3, -0.25) is 4.79 Å². The number of hydrogen-bond donors (Lipinski definition) is 0. The van der Waals surface area contributed by atoms with E-state index >= 15 is 0 Å². The molecule has 4 nitrogen and oxygen atoms in total. The van der Waals surface area contributed by atoms with E-state index in [1.807, 2.05) is 0 Å². The molecule has 0 radical (unpaired) electrons. The van der Waals surface area contributed by atoms with Crippen LogP contribution in [0.2, 0.25) is 0 Å². The van der Waals surface area contributed by atoms with Gasteiger partial charge in [0.1, 0.15) is 23.9 Å². The van der Waals surface area contributed by atoms with Crippen LogP contribution in [0.1, 0.15) is 15.9 Å². The van der Waals surface area contributed by atoms with Crippen LogP contribution in [0, 0.1) is 0 Å². The van der Waals surface area contributed by atoms with Gasteiger partial charge >= 0.3 is 5.51 Å². The third kappa shape index (κ3) is 5.32. The third-order valence-electron chi connectivity index (χ3n) is 3.20. The van der Waals surface area contributed by atoms with Gasteiger partial charge in [-0.1, -0.05) is 12.1 Å². The lowest BCUT2D eigenvalue weighted by Gasteiger charge is -2.13. The van der Waals surface area contributed by atoms with Gasteiger partial charge in [-0.25, -0.2) is 0 Å². The van der Waals surface area contributed by atoms with Crippen molar-refractivity contribution in [1.29, 1.82) is 0 Å². The van der Waals surface area contributed by atoms with E-state index < -0.39 is 5.51 Å². The minimum absolute atomic E-state index is 0.106. The van der Waals surface area contributed by atoms with Crippen LogP contribution in [0.3, 0.4) is 0 Å². The summed E-state index contributed by atoms with van der Waals surface area (Å²) >= 11 is -0.169. The summed E-state index contributed by atoms with van der Waals surface area (Å²) in [6.45, 7) is 0.143. The first-order valence-corrected chi connectivity index (χ1v) is 7.86. The SMILES string of the molecule is COc1cc(OCc2ccc(SC(F)(F)F)cc2)cc(OC)c1C=O. The summed E-state index contributed by atoms with van der Waals surface area (Å²) in [4.78, 5) is 11.2. The summed E-state index contributed by atoms with van der Waals surface area (Å²) in [5, 5.41) is 0. The molecule has 0 aliphatic heterocycles. The van der Waals surface area contributed by atoms with Gasteiger partial charge in [-0.15, -0.1) is 0 Å². The molecule has 0 heterocycles. The molecule has 0 atom stereocenters. The monoisotopic (exact) mass is 372 g/mol. The summed E-state index contributed by atoms with van der Waals surface area (Å²) in [7, 11) is 2.84. The van der Waals surface area contributed by atoms with E-state index in [9.17, 15) is 18.0 Å². The highest BCUT2D eigenvalue weighted by molar-refractivity contribution is 8.00. The molecule has 2 aromatic rings. The van der Waals surface area contributed by atoms with Gasteiger partial charge in [0.25, 0.3) is 0 Å². The molecular weight excluding hydrogens is 357 g/mol. The van der Waals surface area contributed by atoms with Gasteiger partial charge in [-0.05, 0) is 29.5 Å². The van der Waals surface area contributed by atoms with Crippen molar-refractivity contribution < 1.29 is 32.2 Å². The molecule has 0 aliphatic rings. The van der Waals surface area contributed by atoms with Crippen LogP contribution in [-0.2, 0) is 6.61 Å². The van der Waals surface area contributed by atoms with Crippen molar-refractivity contribution in [3.63, 3.8) is 0 Å². The molecule has 0 unspecified atom stereocenters. The molecule has 25 heavy (non-hydrogen) atoms. The molecule has 0 saturated carbocycles. The molecule has 2 rings (SSSR count). The predicted octanol–water partition coefficient (Wildman–Crippen LogP) is 4.71. The minimum Gasteiger partial charge on any atom is -0.496 e. The standard InChI is InChI=1S/C17H15F3O4S/c1-22-15-7-12(8-16(23-2)14(15)9-21)24-10-11-3-5-13(6-4-11)25-17(18,19)20/h3-9H,10H2,1-2H3. The molecule has 0 saturated heterocycles. The van der Waals surface area contributed by atoms with Crippen LogP contribution < -0.4 is 14.2 Å². The smallest absolute Gasteiger partial charge is 0.446 e. The Morgan fingerprint density at radius 1 is 1.04 bits per heavy atom. The fraction of sp³-hybridized carbons (Fsp3) is 0.235. The highest BCUT2D eigenvalue weighted by Gasteiger charge is 2.29. The number of thioether (sulfide) groups is 1. The number of alkyl halides is 3. The highest BCUT2D eigenvalue weighted by atomic mass is 32.2. The third-order valence-corrected chi connectivity index (χ3v) is 3.94. The molecule has 8 heteroatoms. The second-order valence-electron chi connectivity index (χ2n) is 4.84. The van der Waals surface area contributed by atoms with Crippen LogP contribution in [0.5, 0.6) is 17.2 Å². The van der Waals surface area contributed by atoms with Gasteiger partial charge in [0, 0.05) is 17.0 Å². The maximum Gasteiger partial charge on any atom is 0.446 e. The summed E-state index contributed by atoms with van der Waals surface area (Å²) in [5.41, 5.74) is -3.35. The topological polar surface area (TPSA) is 44.8 Å². The molecule has 134 valence electrons. The van der Waals surface area contributed by atoms with Gasteiger partial charge < -0.3 is 14.2 Å². The normalized spacial score (nSPS) is 11.1. The number of aldehydes is 1. The van der Waals surface area contributed by atoms with Crippen LogP contribution in [0.15, 0.2) is 41.3 Å². The fourth-order valence-electron chi connectivity index (χ4n) is 2.07. The average molecular weight is 372 g/mol. The average Bonchev–Trinajstić information content (AvgIpc) is 2.58. The van der Waals surface area contributed by atoms with E-state index in [1.165, 1.54) is 26.4 Å². The zero-order valence-corrected chi connectivity index (χ0v) is 14.2. The summed E-state index contributed by atoms with van der Waals surface area (Å²) in [6.07, 6.45) is 0.623. The van der Waals surface area contributed by atoms with E-state index in [4.69, 9.17) is 14.2 Å². The lowest BCUT2D eigenvalue weighted by atomic mass is 10.2. The Morgan fingerprint density at radius 2 is 1.60 bits per heavy atom. The van der Waals surface area contributed by atoms with Gasteiger partial charge in [-0.2, -0.15) is 13.2 Å². The van der Waals surface area contributed by atoms with E-state index in [2.05, 4.69) is 0 Å². The number of carbonyl (C=O) groups excluding carboxylic acids is 1. The molecule has 0 N–H and O–H groups in total. The largest absolute Gasteiger partial charge is 0.496 e. The van der Waals surface area contributed by atoms with Gasteiger partial charge in [0.05, 0.1) is 19.8 Å². The first kappa shape index (κ1) is 19.0. The molecule has 2 aromatic carbocycles. The zero-order valence-electron chi connectivity index (χ0n) is 13.4. The molecular formula is C17H15F3O4S. The van der Waals surface area contributed by atoms with Crippen molar-refractivity contribution in [3.8, 4) is 17.2 Å². The number of halogens is 3. The molecule has 0 spiro atoms. The van der Waals surface area contributed by atoms with Crippen LogP contribution >= 0.6 is 11.8 Å². The number of ether oxygens (including phenoxy) is 3. The Labute approximate surface area is 146 Å². The maximum atomic E-state index is 12.3. The predicted molar refractivity (Wildman–Crippen MR) is 87.6 cm³/mol. The summed E-state index contributed by atoms with van der Waals surface area (Å²) in [5.74, 6) is 1.02. The maximum absolute atomic E-state index is 12.3. The van der Waals surface area contributed by atoms with Gasteiger partial charge in [0.15, 0.2) is 6.29 Å². The van der Waals surface area contributed by atoms with Crippen molar-refractivity contribution in [1.82, 2.24) is 0 Å². The first-order valence-electron chi connectivity index (χ1n) is 7.05. The van der Waals surface area contributed by atoms with Crippen LogP contribution in [0.25, 0.3) is 0 Å². The van der Waals surface area contributed by atoms with Crippen molar-refractivity contribution in [3.05, 3.63) is 47.5 Å². The first-order chi connectivity index (χ1) is 11.9. The van der Waals surface area contributed by atoms with Crippen LogP contribution in [0.4, 0.5) is 13.2 Å². The van der Waals surface area contributed by atoms with Gasteiger partial charge in [0.2, 0.25) is 0 Å². The summed E-state index contributed by atoms with van der Waals surface area (Å²) < 4.78 is 52.8. The Hall–Kier alpha value is -2.35. The minimum atomic E-state index is -4.31. The summed E-state index contributed by atoms with van der Waals surface area (Å²) in [6, 6.07) is 8.96. The number of carbonyl (C=O) groups is 1. The van der Waals surface area contributed by atoms with Crippen molar-refractivity contribution >= 4 is 18.0 Å². The van der Waals surface area contributed by atoms with Crippen molar-refractivity contribution in [2.75, 3.05) is 14.2 Å². The molecule has 0 aromatic heterocycles. The number of hydrogen-bond acceptors (Lipinski definition) is 5. The van der Waals surface area contributed by atoms with E-state index in [1.54, 1.807) is 24.3 Å². The fourth-order valence-corrected chi connectivity index (χ4v) is 2.61. The number of benzene rings is 2. The van der Waals surface area contributed by atoms with E-state index in [-0.39, 0.29) is 28.8 Å². The number of methoxy groups -OCH3 is 2. The lowest BCUT2D eigenvalue weighted by Crippen LogP contribution is -2.01. The molecule has 0 amide bonds. The Morgan fingerprint density at radius 3 is 2.04 bits per heavy atom. The lowest BCUT2D eigenvalue weighted by molar-refractivity contribution is -0.0328. The zero-order chi connectivity index (χ0) is 18.4. The Bertz CT molecular complexity index is 705. The van der Waals surface area contributed by atoms with Crippen LogP contribution in [-0.4, -0.2) is 26.0 Å². The Balaban J connectivity index is 2.09. The second-order valence-corrected chi connectivity index (χ2v) is 5.98. The van der Waals surface area contributed by atoms with Crippen molar-refractivity contribution in [2.45, 2.75) is 17.0 Å². The highest BCUT2D eigenvalue weighted by Crippen LogP contribution is 2.37. The quantitative estimate of drug-likeness (QED) is 0.520. The molecule has 0 fully saturated rings. The molecule has 0 aliphatic carbocycles. The molecule has 0 bridgehead atoms. The second kappa shape index (κ2) is 8.15. The number of rotatable bonds is 7. The van der Waals surface area contributed by atoms with E-state index in [0.29, 0.717) is 29.1 Å². The van der Waals surface area contributed by atoms with Crippen molar-refractivity contribution in [2.24, 2.45) is 0 Å². The Kier molecular flexibility index (Phi) is 6.19.